The molecule has 118 valence electrons. The lowest BCUT2D eigenvalue weighted by Crippen LogP contribution is -2.19. The third-order valence-corrected chi connectivity index (χ3v) is 3.97. The molecule has 0 aromatic carbocycles. The number of hydrogen-bond acceptors (Lipinski definition) is 6. The average Bonchev–Trinajstić information content (AvgIpc) is 3.05. The SMILES string of the molecule is COCCc1nc(NC2(C)CC2)c2c(C(N)=O)c(C)oc2n1. The molecule has 2 aromatic rings. The van der Waals surface area contributed by atoms with E-state index in [0.717, 1.165) is 12.8 Å². The second kappa shape index (κ2) is 5.24. The van der Waals surface area contributed by atoms with Crippen LogP contribution in [0, 0.1) is 6.92 Å². The predicted octanol–water partition coefficient (Wildman–Crippen LogP) is 1.78. The largest absolute Gasteiger partial charge is 0.442 e. The number of fused-ring (bicyclic) bond motifs is 1. The van der Waals surface area contributed by atoms with E-state index in [1.165, 1.54) is 0 Å². The van der Waals surface area contributed by atoms with Crippen LogP contribution in [-0.4, -0.2) is 35.1 Å². The normalized spacial score (nSPS) is 16.0. The molecule has 2 aromatic heterocycles. The van der Waals surface area contributed by atoms with Gasteiger partial charge in [-0.2, -0.15) is 4.98 Å². The monoisotopic (exact) mass is 304 g/mol. The van der Waals surface area contributed by atoms with Crippen molar-refractivity contribution in [3.8, 4) is 0 Å². The Morgan fingerprint density at radius 3 is 2.77 bits per heavy atom. The van der Waals surface area contributed by atoms with Crippen LogP contribution in [0.4, 0.5) is 5.82 Å². The maximum absolute atomic E-state index is 11.7. The van der Waals surface area contributed by atoms with Gasteiger partial charge in [-0.15, -0.1) is 0 Å². The van der Waals surface area contributed by atoms with Crippen molar-refractivity contribution in [2.24, 2.45) is 5.73 Å². The number of nitrogens with one attached hydrogen (secondary N) is 1. The number of nitrogens with zero attached hydrogens (tertiary/aromatic N) is 2. The minimum absolute atomic E-state index is 0.0138. The van der Waals surface area contributed by atoms with Gasteiger partial charge in [-0.25, -0.2) is 4.98 Å². The molecule has 0 unspecified atom stereocenters. The van der Waals surface area contributed by atoms with Gasteiger partial charge in [0.15, 0.2) is 0 Å². The van der Waals surface area contributed by atoms with E-state index < -0.39 is 5.91 Å². The number of primary amides is 1. The van der Waals surface area contributed by atoms with Crippen molar-refractivity contribution in [1.29, 1.82) is 0 Å². The quantitative estimate of drug-likeness (QED) is 0.843. The molecule has 3 N–H and O–H groups in total. The molecule has 0 bridgehead atoms. The van der Waals surface area contributed by atoms with Gasteiger partial charge in [0, 0.05) is 19.1 Å². The molecule has 0 aliphatic heterocycles. The van der Waals surface area contributed by atoms with Crippen molar-refractivity contribution in [3.05, 3.63) is 17.1 Å². The Morgan fingerprint density at radius 2 is 2.18 bits per heavy atom. The first kappa shape index (κ1) is 14.8. The summed E-state index contributed by atoms with van der Waals surface area (Å²) in [6, 6.07) is 0. The number of amides is 1. The number of carbonyl (C=O) groups excluding carboxylic acids is 1. The smallest absolute Gasteiger partial charge is 0.253 e. The number of hydrogen-bond donors (Lipinski definition) is 2. The molecule has 7 heteroatoms. The summed E-state index contributed by atoms with van der Waals surface area (Å²) >= 11 is 0. The van der Waals surface area contributed by atoms with Gasteiger partial charge >= 0.3 is 0 Å². The second-order valence-electron chi connectivity index (χ2n) is 5.99. The number of furan rings is 1. The zero-order valence-electron chi connectivity index (χ0n) is 13.0. The van der Waals surface area contributed by atoms with E-state index in [1.807, 2.05) is 0 Å². The highest BCUT2D eigenvalue weighted by molar-refractivity contribution is 6.09. The minimum atomic E-state index is -0.534. The van der Waals surface area contributed by atoms with E-state index in [1.54, 1.807) is 14.0 Å². The summed E-state index contributed by atoms with van der Waals surface area (Å²) in [6.45, 7) is 4.34. The lowest BCUT2D eigenvalue weighted by Gasteiger charge is -2.14. The molecule has 22 heavy (non-hydrogen) atoms. The van der Waals surface area contributed by atoms with E-state index in [2.05, 4.69) is 22.2 Å². The average molecular weight is 304 g/mol. The molecule has 1 fully saturated rings. The fourth-order valence-electron chi connectivity index (χ4n) is 2.45. The Hall–Kier alpha value is -2.15. The van der Waals surface area contributed by atoms with Gasteiger partial charge in [-0.1, -0.05) is 0 Å². The van der Waals surface area contributed by atoms with E-state index in [4.69, 9.17) is 14.9 Å². The molecule has 2 heterocycles. The standard InChI is InChI=1S/C15H20N4O3/c1-8-10(12(16)20)11-13(19-15(2)5-6-15)17-9(4-7-21-3)18-14(11)22-8/h4-7H2,1-3H3,(H2,16,20)(H,17,18,19). The van der Waals surface area contributed by atoms with Crippen LogP contribution in [0.15, 0.2) is 4.42 Å². The van der Waals surface area contributed by atoms with Gasteiger partial charge < -0.3 is 20.2 Å². The van der Waals surface area contributed by atoms with Crippen LogP contribution in [0.5, 0.6) is 0 Å². The molecule has 0 atom stereocenters. The molecule has 7 nitrogen and oxygen atoms in total. The van der Waals surface area contributed by atoms with E-state index in [9.17, 15) is 4.79 Å². The number of anilines is 1. The first-order valence-electron chi connectivity index (χ1n) is 7.30. The zero-order chi connectivity index (χ0) is 15.9. The maximum Gasteiger partial charge on any atom is 0.253 e. The Bertz CT molecular complexity index is 734. The molecule has 1 aliphatic rings. The maximum atomic E-state index is 11.7. The fourth-order valence-corrected chi connectivity index (χ4v) is 2.45. The molecule has 0 saturated heterocycles. The zero-order valence-corrected chi connectivity index (χ0v) is 13.0. The van der Waals surface area contributed by atoms with E-state index in [0.29, 0.717) is 47.1 Å². The lowest BCUT2D eigenvalue weighted by molar-refractivity contribution is 0.1000. The molecule has 1 aliphatic carbocycles. The summed E-state index contributed by atoms with van der Waals surface area (Å²) in [5, 5.41) is 3.97. The van der Waals surface area contributed by atoms with Crippen LogP contribution in [0.1, 0.15) is 41.7 Å². The Kier molecular flexibility index (Phi) is 3.52. The van der Waals surface area contributed by atoms with Crippen LogP contribution < -0.4 is 11.1 Å². The van der Waals surface area contributed by atoms with Gasteiger partial charge in [0.2, 0.25) is 5.71 Å². The van der Waals surface area contributed by atoms with Crippen LogP contribution in [0.3, 0.4) is 0 Å². The molecule has 3 rings (SSSR count). The third kappa shape index (κ3) is 2.64. The first-order chi connectivity index (χ1) is 10.4. The summed E-state index contributed by atoms with van der Waals surface area (Å²) in [4.78, 5) is 20.7. The number of aromatic nitrogens is 2. The number of ether oxygens (including phenoxy) is 1. The van der Waals surface area contributed by atoms with Crippen molar-refractivity contribution >= 4 is 22.8 Å². The molecular weight excluding hydrogens is 284 g/mol. The Morgan fingerprint density at radius 1 is 1.45 bits per heavy atom. The highest BCUT2D eigenvalue weighted by atomic mass is 16.5. The van der Waals surface area contributed by atoms with Crippen molar-refractivity contribution < 1.29 is 13.9 Å². The molecule has 1 saturated carbocycles. The number of aryl methyl sites for hydroxylation is 1. The molecular formula is C15H20N4O3. The highest BCUT2D eigenvalue weighted by Gasteiger charge is 2.38. The predicted molar refractivity (Wildman–Crippen MR) is 81.9 cm³/mol. The lowest BCUT2D eigenvalue weighted by atomic mass is 10.1. The number of nitrogens with two attached hydrogens (primary N) is 1. The minimum Gasteiger partial charge on any atom is -0.442 e. The van der Waals surface area contributed by atoms with Crippen LogP contribution in [-0.2, 0) is 11.2 Å². The van der Waals surface area contributed by atoms with E-state index in [-0.39, 0.29) is 5.54 Å². The van der Waals surface area contributed by atoms with Crippen LogP contribution in [0.25, 0.3) is 11.1 Å². The van der Waals surface area contributed by atoms with Gasteiger partial charge in [-0.3, -0.25) is 4.79 Å². The Labute approximate surface area is 128 Å². The van der Waals surface area contributed by atoms with Crippen molar-refractivity contribution in [2.75, 3.05) is 19.0 Å². The van der Waals surface area contributed by atoms with Gasteiger partial charge in [0.25, 0.3) is 5.91 Å². The van der Waals surface area contributed by atoms with Gasteiger partial charge in [0.05, 0.1) is 17.6 Å². The van der Waals surface area contributed by atoms with Crippen molar-refractivity contribution in [3.63, 3.8) is 0 Å². The van der Waals surface area contributed by atoms with Crippen LogP contribution in [0.2, 0.25) is 0 Å². The first-order valence-corrected chi connectivity index (χ1v) is 7.30. The fraction of sp³-hybridized carbons (Fsp3) is 0.533. The van der Waals surface area contributed by atoms with Crippen molar-refractivity contribution in [2.45, 2.75) is 38.6 Å². The van der Waals surface area contributed by atoms with Crippen molar-refractivity contribution in [1.82, 2.24) is 9.97 Å². The number of methoxy groups -OCH3 is 1. The Balaban J connectivity index is 2.14. The summed E-state index contributed by atoms with van der Waals surface area (Å²) in [5.41, 5.74) is 6.24. The molecule has 0 radical (unpaired) electrons. The second-order valence-corrected chi connectivity index (χ2v) is 5.99. The van der Waals surface area contributed by atoms with Gasteiger partial charge in [0.1, 0.15) is 17.4 Å². The molecule has 1 amide bonds. The summed E-state index contributed by atoms with van der Waals surface area (Å²) in [5.74, 6) is 1.16. The topological polar surface area (TPSA) is 103 Å². The number of rotatable bonds is 6. The molecule has 0 spiro atoms. The summed E-state index contributed by atoms with van der Waals surface area (Å²) in [6.07, 6.45) is 2.70. The number of carbonyl (C=O) groups is 1. The van der Waals surface area contributed by atoms with Crippen LogP contribution >= 0.6 is 0 Å². The highest BCUT2D eigenvalue weighted by Crippen LogP contribution is 2.40. The summed E-state index contributed by atoms with van der Waals surface area (Å²) in [7, 11) is 1.63. The third-order valence-electron chi connectivity index (χ3n) is 3.97. The van der Waals surface area contributed by atoms with E-state index >= 15 is 0 Å². The van der Waals surface area contributed by atoms with Gasteiger partial charge in [-0.05, 0) is 26.7 Å². The summed E-state index contributed by atoms with van der Waals surface area (Å²) < 4.78 is 10.7.